The van der Waals surface area contributed by atoms with Crippen LogP contribution in [0.15, 0.2) is 36.8 Å². The Bertz CT molecular complexity index is 630. The minimum Gasteiger partial charge on any atom is -0.383 e. The van der Waals surface area contributed by atoms with E-state index in [0.717, 1.165) is 5.69 Å². The fraction of sp³-hybridized carbons (Fsp3) is 0.333. The van der Waals surface area contributed by atoms with Gasteiger partial charge in [0.2, 0.25) is 0 Å². The number of aromatic nitrogens is 2. The van der Waals surface area contributed by atoms with Gasteiger partial charge in [-0.05, 0) is 6.07 Å². The number of benzene rings is 1. The van der Waals surface area contributed by atoms with Gasteiger partial charge in [0.1, 0.15) is 0 Å². The number of rotatable bonds is 7. The molecule has 0 spiro atoms. The first-order valence-electron chi connectivity index (χ1n) is 6.81. The van der Waals surface area contributed by atoms with Crippen LogP contribution in [-0.2, 0) is 22.6 Å². The lowest BCUT2D eigenvalue weighted by Gasteiger charge is -2.13. The number of ether oxygens (including phenoxy) is 1. The smallest absolute Gasteiger partial charge is 0.253 e. The van der Waals surface area contributed by atoms with Crippen molar-refractivity contribution in [1.82, 2.24) is 14.9 Å². The van der Waals surface area contributed by atoms with Crippen molar-refractivity contribution in [2.24, 2.45) is 0 Å². The summed E-state index contributed by atoms with van der Waals surface area (Å²) in [5.41, 5.74) is 1.21. The zero-order valence-electron chi connectivity index (χ0n) is 12.2. The first-order chi connectivity index (χ1) is 10.6. The molecule has 1 amide bonds. The Hall–Kier alpha value is -1.89. The van der Waals surface area contributed by atoms with Crippen molar-refractivity contribution in [3.63, 3.8) is 0 Å². The molecule has 0 fully saturated rings. The molecule has 1 aromatic heterocycles. The van der Waals surface area contributed by atoms with Crippen molar-refractivity contribution in [3.05, 3.63) is 53.1 Å². The highest BCUT2D eigenvalue weighted by atomic mass is 35.5. The third kappa shape index (κ3) is 4.07. The van der Waals surface area contributed by atoms with Crippen molar-refractivity contribution >= 4 is 17.5 Å². The topological polar surface area (TPSA) is 76.4 Å². The van der Waals surface area contributed by atoms with Crippen LogP contribution in [0.3, 0.4) is 0 Å². The van der Waals surface area contributed by atoms with Crippen LogP contribution in [0.4, 0.5) is 0 Å². The summed E-state index contributed by atoms with van der Waals surface area (Å²) in [7, 11) is 1.62. The number of hydrogen-bond donors (Lipinski definition) is 2. The number of imidazole rings is 1. The summed E-state index contributed by atoms with van der Waals surface area (Å²) in [4.78, 5) is 16.1. The maximum absolute atomic E-state index is 12.0. The molecule has 2 N–H and O–H groups in total. The maximum atomic E-state index is 12.0. The van der Waals surface area contributed by atoms with Gasteiger partial charge in [-0.3, -0.25) is 4.79 Å². The molecule has 0 unspecified atom stereocenters. The van der Waals surface area contributed by atoms with Gasteiger partial charge < -0.3 is 19.7 Å². The van der Waals surface area contributed by atoms with E-state index in [9.17, 15) is 9.90 Å². The number of aliphatic hydroxyl groups excluding tert-OH is 1. The predicted molar refractivity (Wildman–Crippen MR) is 82.4 cm³/mol. The molecule has 118 valence electrons. The molecule has 0 saturated heterocycles. The van der Waals surface area contributed by atoms with Crippen LogP contribution in [0.2, 0.25) is 5.02 Å². The summed E-state index contributed by atoms with van der Waals surface area (Å²) in [5.74, 6) is -0.507. The van der Waals surface area contributed by atoms with Crippen LogP contribution in [-0.4, -0.2) is 34.3 Å². The van der Waals surface area contributed by atoms with Gasteiger partial charge in [-0.1, -0.05) is 29.8 Å². The highest BCUT2D eigenvalue weighted by Gasteiger charge is 2.19. The molecule has 2 aromatic rings. The lowest BCUT2D eigenvalue weighted by Crippen LogP contribution is -2.30. The molecule has 0 aliphatic carbocycles. The average Bonchev–Trinajstić information content (AvgIpc) is 2.97. The van der Waals surface area contributed by atoms with E-state index in [4.69, 9.17) is 16.3 Å². The minimum absolute atomic E-state index is 0.268. The second-order valence-electron chi connectivity index (χ2n) is 4.71. The molecular formula is C15H18ClN3O3. The zero-order chi connectivity index (χ0) is 15.9. The maximum Gasteiger partial charge on any atom is 0.253 e. The molecule has 1 atom stereocenters. The molecule has 22 heavy (non-hydrogen) atoms. The van der Waals surface area contributed by atoms with Crippen LogP contribution >= 0.6 is 11.6 Å². The van der Waals surface area contributed by atoms with Gasteiger partial charge in [0.25, 0.3) is 5.91 Å². The van der Waals surface area contributed by atoms with Gasteiger partial charge >= 0.3 is 0 Å². The zero-order valence-corrected chi connectivity index (χ0v) is 13.0. The van der Waals surface area contributed by atoms with Crippen molar-refractivity contribution in [3.8, 4) is 0 Å². The van der Waals surface area contributed by atoms with Gasteiger partial charge in [0.05, 0.1) is 25.2 Å². The largest absolute Gasteiger partial charge is 0.383 e. The monoisotopic (exact) mass is 323 g/mol. The highest BCUT2D eigenvalue weighted by Crippen LogP contribution is 2.22. The molecule has 6 nitrogen and oxygen atoms in total. The van der Waals surface area contributed by atoms with Gasteiger partial charge in [-0.2, -0.15) is 0 Å². The van der Waals surface area contributed by atoms with E-state index >= 15 is 0 Å². The van der Waals surface area contributed by atoms with Crippen LogP contribution in [0.25, 0.3) is 0 Å². The molecule has 0 saturated carbocycles. The normalized spacial score (nSPS) is 12.1. The number of aliphatic hydroxyl groups is 1. The van der Waals surface area contributed by atoms with Crippen LogP contribution in [0.1, 0.15) is 17.4 Å². The minimum atomic E-state index is -1.30. The molecule has 2 rings (SSSR count). The van der Waals surface area contributed by atoms with Crippen molar-refractivity contribution in [1.29, 1.82) is 0 Å². The fourth-order valence-corrected chi connectivity index (χ4v) is 2.24. The lowest BCUT2D eigenvalue weighted by molar-refractivity contribution is -0.129. The second kappa shape index (κ2) is 7.93. The molecular weight excluding hydrogens is 306 g/mol. The number of carbonyl (C=O) groups excluding carboxylic acids is 1. The number of hydrogen-bond acceptors (Lipinski definition) is 4. The summed E-state index contributed by atoms with van der Waals surface area (Å²) < 4.78 is 6.89. The van der Waals surface area contributed by atoms with Crippen molar-refractivity contribution < 1.29 is 14.6 Å². The quantitative estimate of drug-likeness (QED) is 0.810. The SMILES string of the molecule is COCCn1cncc1CNC(=O)[C@H](O)c1ccccc1Cl. The molecule has 0 radical (unpaired) electrons. The molecule has 0 aliphatic heterocycles. The number of methoxy groups -OCH3 is 1. The first kappa shape index (κ1) is 16.5. The number of nitrogens with zero attached hydrogens (tertiary/aromatic N) is 2. The second-order valence-corrected chi connectivity index (χ2v) is 5.12. The summed E-state index contributed by atoms with van der Waals surface area (Å²) in [6.07, 6.45) is 2.03. The summed E-state index contributed by atoms with van der Waals surface area (Å²) in [6, 6.07) is 6.71. The Balaban J connectivity index is 1.95. The molecule has 0 bridgehead atoms. The Morgan fingerprint density at radius 3 is 3.00 bits per heavy atom. The Labute approximate surface area is 133 Å². The van der Waals surface area contributed by atoms with E-state index in [-0.39, 0.29) is 6.54 Å². The number of amides is 1. The number of carbonyl (C=O) groups is 1. The van der Waals surface area contributed by atoms with E-state index in [0.29, 0.717) is 23.7 Å². The van der Waals surface area contributed by atoms with Gasteiger partial charge in [0, 0.05) is 30.4 Å². The molecule has 1 aromatic carbocycles. The first-order valence-corrected chi connectivity index (χ1v) is 7.19. The molecule has 1 heterocycles. The third-order valence-corrected chi connectivity index (χ3v) is 3.57. The van der Waals surface area contributed by atoms with Crippen LogP contribution in [0, 0.1) is 0 Å². The Morgan fingerprint density at radius 1 is 1.50 bits per heavy atom. The lowest BCUT2D eigenvalue weighted by atomic mass is 10.1. The van der Waals surface area contributed by atoms with Gasteiger partial charge in [0.15, 0.2) is 6.10 Å². The molecule has 7 heteroatoms. The van der Waals surface area contributed by atoms with Gasteiger partial charge in [-0.25, -0.2) is 4.98 Å². The standard InChI is InChI=1S/C15H18ClN3O3/c1-22-7-6-19-10-17-8-11(19)9-18-15(21)14(20)12-4-2-3-5-13(12)16/h2-5,8,10,14,20H,6-7,9H2,1H3,(H,18,21)/t14-/m1/s1. The van der Waals surface area contributed by atoms with Gasteiger partial charge in [-0.15, -0.1) is 0 Å². The number of halogens is 1. The van der Waals surface area contributed by atoms with Crippen LogP contribution < -0.4 is 5.32 Å². The van der Waals surface area contributed by atoms with E-state index in [1.807, 2.05) is 4.57 Å². The van der Waals surface area contributed by atoms with Crippen LogP contribution in [0.5, 0.6) is 0 Å². The fourth-order valence-electron chi connectivity index (χ4n) is 2.00. The van der Waals surface area contributed by atoms with E-state index in [1.54, 1.807) is 43.9 Å². The van der Waals surface area contributed by atoms with Crippen molar-refractivity contribution in [2.75, 3.05) is 13.7 Å². The molecule has 0 aliphatic rings. The number of nitrogens with one attached hydrogen (secondary N) is 1. The highest BCUT2D eigenvalue weighted by molar-refractivity contribution is 6.31. The summed E-state index contributed by atoms with van der Waals surface area (Å²) >= 11 is 5.98. The Morgan fingerprint density at radius 2 is 2.27 bits per heavy atom. The Kier molecular flexibility index (Phi) is 5.94. The third-order valence-electron chi connectivity index (χ3n) is 3.23. The van der Waals surface area contributed by atoms with Crippen molar-refractivity contribution in [2.45, 2.75) is 19.2 Å². The van der Waals surface area contributed by atoms with E-state index < -0.39 is 12.0 Å². The summed E-state index contributed by atoms with van der Waals surface area (Å²) in [5, 5.41) is 13.1. The van der Waals surface area contributed by atoms with E-state index in [1.165, 1.54) is 0 Å². The summed E-state index contributed by atoms with van der Waals surface area (Å²) in [6.45, 7) is 1.47. The average molecular weight is 324 g/mol. The van der Waals surface area contributed by atoms with E-state index in [2.05, 4.69) is 10.3 Å². The predicted octanol–water partition coefficient (Wildman–Crippen LogP) is 1.53.